The van der Waals surface area contributed by atoms with Gasteiger partial charge in [-0.3, -0.25) is 4.98 Å². The SMILES string of the molecule is COCCOc1cc(-c2cccc([C@]3(N[S+]([O-])CC(C)C)CCOC3)n2)cc2c1cnn2-c1cccc(CO[Si](C)(C)C(C)(C)C)n1. The molecule has 1 N–H and O–H groups in total. The molecule has 1 fully saturated rings. The Morgan fingerprint density at radius 2 is 1.89 bits per heavy atom. The summed E-state index contributed by atoms with van der Waals surface area (Å²) >= 11 is -1.22. The van der Waals surface area contributed by atoms with Crippen molar-refractivity contribution in [2.24, 2.45) is 5.92 Å². The van der Waals surface area contributed by atoms with Crippen molar-refractivity contribution in [3.05, 3.63) is 66.1 Å². The van der Waals surface area contributed by atoms with Crippen LogP contribution < -0.4 is 9.46 Å². The van der Waals surface area contributed by atoms with Gasteiger partial charge in [0.25, 0.3) is 0 Å². The van der Waals surface area contributed by atoms with Gasteiger partial charge in [-0.25, -0.2) is 9.67 Å². The van der Waals surface area contributed by atoms with Crippen molar-refractivity contribution in [3.63, 3.8) is 0 Å². The van der Waals surface area contributed by atoms with Gasteiger partial charge in [0.05, 0.1) is 54.0 Å². The number of hydrogen-bond donors (Lipinski definition) is 1. The van der Waals surface area contributed by atoms with Gasteiger partial charge < -0.3 is 23.2 Å². The van der Waals surface area contributed by atoms with Crippen molar-refractivity contribution in [1.29, 1.82) is 0 Å². The molecule has 0 spiro atoms. The molecule has 4 heterocycles. The largest absolute Gasteiger partial charge is 0.598 e. The number of hydrogen-bond acceptors (Lipinski definition) is 9. The summed E-state index contributed by atoms with van der Waals surface area (Å²) in [7, 11) is -0.292. The van der Waals surface area contributed by atoms with Crippen LogP contribution in [-0.4, -0.2) is 71.9 Å². The zero-order chi connectivity index (χ0) is 33.8. The number of rotatable bonds is 14. The number of nitrogens with zero attached hydrogens (tertiary/aromatic N) is 4. The topological polar surface area (TPSA) is 116 Å². The Kier molecular flexibility index (Phi) is 11.1. The van der Waals surface area contributed by atoms with Crippen LogP contribution in [0.2, 0.25) is 18.1 Å². The molecule has 1 aromatic carbocycles. The second-order valence-electron chi connectivity index (χ2n) is 14.1. The van der Waals surface area contributed by atoms with Crippen molar-refractivity contribution in [1.82, 2.24) is 24.5 Å². The molecule has 1 aliphatic rings. The van der Waals surface area contributed by atoms with Gasteiger partial charge in [0.2, 0.25) is 0 Å². The first-order valence-corrected chi connectivity index (χ1v) is 20.5. The summed E-state index contributed by atoms with van der Waals surface area (Å²) in [4.78, 5) is 10.1. The summed E-state index contributed by atoms with van der Waals surface area (Å²) in [5, 5.41) is 5.72. The van der Waals surface area contributed by atoms with Crippen LogP contribution in [0.1, 0.15) is 52.4 Å². The van der Waals surface area contributed by atoms with E-state index in [1.165, 1.54) is 0 Å². The van der Waals surface area contributed by atoms with Gasteiger partial charge >= 0.3 is 0 Å². The van der Waals surface area contributed by atoms with E-state index >= 15 is 0 Å². The molecule has 5 rings (SSSR count). The van der Waals surface area contributed by atoms with E-state index in [0.29, 0.717) is 62.7 Å². The van der Waals surface area contributed by atoms with E-state index in [1.54, 1.807) is 7.11 Å². The van der Waals surface area contributed by atoms with Crippen molar-refractivity contribution in [2.45, 2.75) is 71.3 Å². The fourth-order valence-electron chi connectivity index (χ4n) is 5.24. The molecule has 1 unspecified atom stereocenters. The molecule has 0 amide bonds. The molecule has 4 aromatic rings. The molecule has 0 radical (unpaired) electrons. The van der Waals surface area contributed by atoms with Crippen LogP contribution >= 0.6 is 0 Å². The highest BCUT2D eigenvalue weighted by Gasteiger charge is 2.42. The molecular weight excluding hydrogens is 631 g/mol. The van der Waals surface area contributed by atoms with E-state index in [9.17, 15) is 4.55 Å². The highest BCUT2D eigenvalue weighted by atomic mass is 32.2. The summed E-state index contributed by atoms with van der Waals surface area (Å²) in [6.07, 6.45) is 2.50. The standard InChI is InChI=1S/C35H49N5O5SSi/c1-25(2)23-46(41)39-35(15-16-43-24-35)32-13-10-12-29(38-32)26-19-30-28(31(20-26)44-18-17-42-6)21-36-40(30)33-14-9-11-27(37-33)22-45-47(7,8)34(3,4)5/h9-14,19-21,25,39H,15-18,22-24H2,1-8H3/t35-,46?/m0/s1. The Bertz CT molecular complexity index is 1650. The van der Waals surface area contributed by atoms with Crippen molar-refractivity contribution in [2.75, 3.05) is 39.3 Å². The molecule has 10 nitrogen and oxygen atoms in total. The maximum absolute atomic E-state index is 13.0. The second-order valence-corrected chi connectivity index (χ2v) is 20.2. The quantitative estimate of drug-likeness (QED) is 0.0900. The van der Waals surface area contributed by atoms with Crippen molar-refractivity contribution in [3.8, 4) is 22.8 Å². The molecule has 254 valence electrons. The number of benzene rings is 1. The molecule has 0 aliphatic carbocycles. The lowest BCUT2D eigenvalue weighted by atomic mass is 9.94. The molecule has 2 atom stereocenters. The Morgan fingerprint density at radius 3 is 2.60 bits per heavy atom. The number of aromatic nitrogens is 4. The minimum Gasteiger partial charge on any atom is -0.598 e. The third-order valence-electron chi connectivity index (χ3n) is 8.94. The van der Waals surface area contributed by atoms with E-state index in [1.807, 2.05) is 53.3 Å². The lowest BCUT2D eigenvalue weighted by Gasteiger charge is -2.36. The molecule has 1 saturated heterocycles. The summed E-state index contributed by atoms with van der Waals surface area (Å²) in [5.74, 6) is 2.23. The van der Waals surface area contributed by atoms with E-state index in [4.69, 9.17) is 33.7 Å². The Hall–Kier alpha value is -2.84. The Labute approximate surface area is 283 Å². The highest BCUT2D eigenvalue weighted by molar-refractivity contribution is 7.89. The van der Waals surface area contributed by atoms with Crippen LogP contribution in [0.5, 0.6) is 5.75 Å². The minimum atomic E-state index is -1.95. The lowest BCUT2D eigenvalue weighted by Crippen LogP contribution is -2.48. The number of ether oxygens (including phenoxy) is 3. The lowest BCUT2D eigenvalue weighted by molar-refractivity contribution is 0.147. The third-order valence-corrected chi connectivity index (χ3v) is 15.0. The zero-order valence-electron chi connectivity index (χ0n) is 29.0. The first kappa shape index (κ1) is 35.5. The van der Waals surface area contributed by atoms with Gasteiger partial charge in [0.1, 0.15) is 23.6 Å². The fraction of sp³-hybridized carbons (Fsp3) is 0.514. The van der Waals surface area contributed by atoms with Gasteiger partial charge in [0, 0.05) is 37.1 Å². The smallest absolute Gasteiger partial charge is 0.192 e. The van der Waals surface area contributed by atoms with Crippen molar-refractivity contribution < 1.29 is 23.2 Å². The second kappa shape index (κ2) is 14.7. The monoisotopic (exact) mass is 679 g/mol. The van der Waals surface area contributed by atoms with Gasteiger partial charge in [-0.05, 0) is 60.4 Å². The number of fused-ring (bicyclic) bond motifs is 1. The Morgan fingerprint density at radius 1 is 1.11 bits per heavy atom. The van der Waals surface area contributed by atoms with Gasteiger partial charge in [-0.2, -0.15) is 5.10 Å². The maximum Gasteiger partial charge on any atom is 0.192 e. The first-order valence-electron chi connectivity index (χ1n) is 16.3. The highest BCUT2D eigenvalue weighted by Crippen LogP contribution is 2.38. The first-order chi connectivity index (χ1) is 22.3. The molecule has 47 heavy (non-hydrogen) atoms. The van der Waals surface area contributed by atoms with E-state index in [0.717, 1.165) is 33.5 Å². The number of nitrogens with one attached hydrogen (secondary N) is 1. The van der Waals surface area contributed by atoms with Crippen LogP contribution in [0.15, 0.2) is 54.7 Å². The average Bonchev–Trinajstić information content (AvgIpc) is 3.68. The third kappa shape index (κ3) is 8.25. The number of pyridine rings is 2. The van der Waals surface area contributed by atoms with Gasteiger partial charge in [-0.15, -0.1) is 4.72 Å². The van der Waals surface area contributed by atoms with Crippen LogP contribution in [0.3, 0.4) is 0 Å². The summed E-state index contributed by atoms with van der Waals surface area (Å²) in [5.41, 5.74) is 3.49. The van der Waals surface area contributed by atoms with Crippen LogP contribution in [0, 0.1) is 5.92 Å². The average molecular weight is 680 g/mol. The predicted molar refractivity (Wildman–Crippen MR) is 190 cm³/mol. The van der Waals surface area contributed by atoms with E-state index in [-0.39, 0.29) is 5.04 Å². The van der Waals surface area contributed by atoms with E-state index < -0.39 is 25.2 Å². The minimum absolute atomic E-state index is 0.107. The van der Waals surface area contributed by atoms with Crippen LogP contribution in [-0.2, 0) is 37.4 Å². The van der Waals surface area contributed by atoms with E-state index in [2.05, 4.69) is 58.5 Å². The number of methoxy groups -OCH3 is 1. The molecule has 12 heteroatoms. The van der Waals surface area contributed by atoms with Crippen LogP contribution in [0.4, 0.5) is 0 Å². The Balaban J connectivity index is 1.53. The van der Waals surface area contributed by atoms with Crippen LogP contribution in [0.25, 0.3) is 28.0 Å². The van der Waals surface area contributed by atoms with Gasteiger partial charge in [-0.1, -0.05) is 46.8 Å². The summed E-state index contributed by atoms with van der Waals surface area (Å²) in [6.45, 7) is 17.6. The maximum atomic E-state index is 13.0. The molecule has 0 saturated carbocycles. The van der Waals surface area contributed by atoms with Gasteiger partial charge in [0.15, 0.2) is 14.1 Å². The zero-order valence-corrected chi connectivity index (χ0v) is 30.8. The molecule has 1 aliphatic heterocycles. The predicted octanol–water partition coefficient (Wildman–Crippen LogP) is 6.55. The van der Waals surface area contributed by atoms with Crippen molar-refractivity contribution >= 4 is 30.6 Å². The summed E-state index contributed by atoms with van der Waals surface area (Å²) < 4.78 is 42.0. The normalized spacial score (nSPS) is 17.9. The molecule has 0 bridgehead atoms. The molecular formula is C35H49N5O5SSi. The molecule has 3 aromatic heterocycles. The fourth-order valence-corrected chi connectivity index (χ4v) is 7.57. The summed E-state index contributed by atoms with van der Waals surface area (Å²) in [6, 6.07) is 16.0.